The Morgan fingerprint density at radius 3 is 2.54 bits per heavy atom. The van der Waals surface area contributed by atoms with Gasteiger partial charge in [-0.15, -0.1) is 5.10 Å². The van der Waals surface area contributed by atoms with Gasteiger partial charge in [0.2, 0.25) is 0 Å². The van der Waals surface area contributed by atoms with Gasteiger partial charge in [-0.3, -0.25) is 4.98 Å². The van der Waals surface area contributed by atoms with Crippen LogP contribution in [0.2, 0.25) is 0 Å². The fourth-order valence-electron chi connectivity index (χ4n) is 2.65. The van der Waals surface area contributed by atoms with Crippen LogP contribution in [0.5, 0.6) is 0 Å². The quantitative estimate of drug-likeness (QED) is 0.535. The summed E-state index contributed by atoms with van der Waals surface area (Å²) in [5.41, 5.74) is 4.80. The van der Waals surface area contributed by atoms with E-state index in [4.69, 9.17) is 0 Å². The number of benzene rings is 2. The van der Waals surface area contributed by atoms with E-state index in [0.717, 1.165) is 27.9 Å². The van der Waals surface area contributed by atoms with Crippen molar-refractivity contribution < 1.29 is 0 Å². The van der Waals surface area contributed by atoms with Crippen LogP contribution in [0.25, 0.3) is 11.3 Å². The average molecular weight is 336 g/mol. The molecule has 0 bridgehead atoms. The SMILES string of the molecule is C(#Cc1ccccc1-c1cn(Cc2cccnc2)nn1)c1ccccc1. The molecule has 0 unspecified atom stereocenters. The largest absolute Gasteiger partial charge is 0.264 e. The lowest BCUT2D eigenvalue weighted by atomic mass is 10.0. The van der Waals surface area contributed by atoms with E-state index in [1.165, 1.54) is 0 Å². The van der Waals surface area contributed by atoms with Crippen LogP contribution in [-0.4, -0.2) is 20.0 Å². The minimum absolute atomic E-state index is 0.638. The van der Waals surface area contributed by atoms with Gasteiger partial charge in [-0.1, -0.05) is 59.5 Å². The van der Waals surface area contributed by atoms with Crippen LogP contribution in [0.15, 0.2) is 85.3 Å². The second-order valence-corrected chi connectivity index (χ2v) is 5.82. The molecular weight excluding hydrogens is 320 g/mol. The molecule has 0 N–H and O–H groups in total. The first kappa shape index (κ1) is 15.8. The van der Waals surface area contributed by atoms with Crippen LogP contribution < -0.4 is 0 Å². The van der Waals surface area contributed by atoms with E-state index >= 15 is 0 Å². The molecule has 0 saturated carbocycles. The van der Waals surface area contributed by atoms with Crippen molar-refractivity contribution in [1.29, 1.82) is 0 Å². The lowest BCUT2D eigenvalue weighted by Crippen LogP contribution is -2.00. The molecule has 0 saturated heterocycles. The molecule has 4 rings (SSSR count). The monoisotopic (exact) mass is 336 g/mol. The van der Waals surface area contributed by atoms with E-state index in [-0.39, 0.29) is 0 Å². The van der Waals surface area contributed by atoms with Crippen molar-refractivity contribution in [2.24, 2.45) is 0 Å². The molecule has 0 spiro atoms. The highest BCUT2D eigenvalue weighted by Crippen LogP contribution is 2.20. The summed E-state index contributed by atoms with van der Waals surface area (Å²) in [5.74, 6) is 6.45. The van der Waals surface area contributed by atoms with Crippen LogP contribution in [0.1, 0.15) is 16.7 Å². The summed E-state index contributed by atoms with van der Waals surface area (Å²) in [6, 6.07) is 21.9. The number of hydrogen-bond donors (Lipinski definition) is 0. The van der Waals surface area contributed by atoms with Crippen molar-refractivity contribution >= 4 is 0 Å². The van der Waals surface area contributed by atoms with Crippen molar-refractivity contribution in [2.45, 2.75) is 6.54 Å². The maximum absolute atomic E-state index is 4.32. The average Bonchev–Trinajstić information content (AvgIpc) is 3.16. The molecule has 0 fully saturated rings. The zero-order chi connectivity index (χ0) is 17.6. The van der Waals surface area contributed by atoms with Crippen molar-refractivity contribution in [1.82, 2.24) is 20.0 Å². The smallest absolute Gasteiger partial charge is 0.114 e. The Kier molecular flexibility index (Phi) is 4.53. The molecule has 0 radical (unpaired) electrons. The Labute approximate surface area is 152 Å². The van der Waals surface area contributed by atoms with Crippen molar-refractivity contribution in [3.05, 3.63) is 102 Å². The third-order valence-electron chi connectivity index (χ3n) is 3.92. The van der Waals surface area contributed by atoms with Crippen LogP contribution in [0, 0.1) is 11.8 Å². The lowest BCUT2D eigenvalue weighted by molar-refractivity contribution is 0.648. The Morgan fingerprint density at radius 1 is 0.846 bits per heavy atom. The molecular formula is C22H16N4. The zero-order valence-corrected chi connectivity index (χ0v) is 14.1. The van der Waals surface area contributed by atoms with Gasteiger partial charge in [-0.2, -0.15) is 0 Å². The van der Waals surface area contributed by atoms with Gasteiger partial charge in [0.05, 0.1) is 12.7 Å². The van der Waals surface area contributed by atoms with Crippen LogP contribution >= 0.6 is 0 Å². The van der Waals surface area contributed by atoms with Crippen molar-refractivity contribution in [3.63, 3.8) is 0 Å². The molecule has 2 aromatic heterocycles. The van der Waals surface area contributed by atoms with Gasteiger partial charge in [0.15, 0.2) is 0 Å². The second-order valence-electron chi connectivity index (χ2n) is 5.82. The van der Waals surface area contributed by atoms with Gasteiger partial charge in [-0.25, -0.2) is 4.68 Å². The first-order chi connectivity index (χ1) is 12.9. The summed E-state index contributed by atoms with van der Waals surface area (Å²) in [6.45, 7) is 0.638. The van der Waals surface area contributed by atoms with Crippen LogP contribution in [-0.2, 0) is 6.54 Å². The third-order valence-corrected chi connectivity index (χ3v) is 3.92. The van der Waals surface area contributed by atoms with Gasteiger partial charge < -0.3 is 0 Å². The van der Waals surface area contributed by atoms with E-state index in [2.05, 4.69) is 27.1 Å². The first-order valence-corrected chi connectivity index (χ1v) is 8.34. The molecule has 4 heteroatoms. The van der Waals surface area contributed by atoms with Crippen LogP contribution in [0.3, 0.4) is 0 Å². The molecule has 2 aromatic carbocycles. The summed E-state index contributed by atoms with van der Waals surface area (Å²) < 4.78 is 1.81. The molecule has 0 aliphatic heterocycles. The molecule has 124 valence electrons. The number of aromatic nitrogens is 4. The minimum atomic E-state index is 0.638. The van der Waals surface area contributed by atoms with Gasteiger partial charge in [0.25, 0.3) is 0 Å². The predicted molar refractivity (Wildman–Crippen MR) is 101 cm³/mol. The first-order valence-electron chi connectivity index (χ1n) is 8.34. The molecule has 26 heavy (non-hydrogen) atoms. The van der Waals surface area contributed by atoms with E-state index in [1.54, 1.807) is 6.20 Å². The molecule has 0 aliphatic carbocycles. The van der Waals surface area contributed by atoms with Gasteiger partial charge in [0.1, 0.15) is 5.69 Å². The van der Waals surface area contributed by atoms with E-state index in [9.17, 15) is 0 Å². The van der Waals surface area contributed by atoms with Crippen LogP contribution in [0.4, 0.5) is 0 Å². The molecule has 4 nitrogen and oxygen atoms in total. The van der Waals surface area contributed by atoms with Crippen molar-refractivity contribution in [2.75, 3.05) is 0 Å². The second kappa shape index (κ2) is 7.45. The maximum atomic E-state index is 4.32. The number of nitrogens with zero attached hydrogens (tertiary/aromatic N) is 4. The normalized spacial score (nSPS) is 10.2. The van der Waals surface area contributed by atoms with E-state index in [1.807, 2.05) is 83.8 Å². The Hall–Kier alpha value is -3.71. The standard InChI is InChI=1S/C22H16N4/c1-2-7-18(8-3-1)12-13-20-10-4-5-11-21(20)22-17-26(25-24-22)16-19-9-6-14-23-15-19/h1-11,14-15,17H,16H2. The summed E-state index contributed by atoms with van der Waals surface area (Å²) in [7, 11) is 0. The molecule has 4 aromatic rings. The summed E-state index contributed by atoms with van der Waals surface area (Å²) in [6.07, 6.45) is 5.54. The highest BCUT2D eigenvalue weighted by Gasteiger charge is 2.08. The summed E-state index contributed by atoms with van der Waals surface area (Å²) in [5, 5.41) is 8.56. The van der Waals surface area contributed by atoms with E-state index < -0.39 is 0 Å². The Morgan fingerprint density at radius 2 is 1.69 bits per heavy atom. The highest BCUT2D eigenvalue weighted by atomic mass is 15.4. The van der Waals surface area contributed by atoms with E-state index in [0.29, 0.717) is 6.54 Å². The fraction of sp³-hybridized carbons (Fsp3) is 0.0455. The fourth-order valence-corrected chi connectivity index (χ4v) is 2.65. The summed E-state index contributed by atoms with van der Waals surface area (Å²) >= 11 is 0. The molecule has 0 aliphatic rings. The molecule has 0 amide bonds. The Balaban J connectivity index is 1.62. The van der Waals surface area contributed by atoms with Crippen molar-refractivity contribution in [3.8, 4) is 23.1 Å². The lowest BCUT2D eigenvalue weighted by Gasteiger charge is -2.00. The predicted octanol–water partition coefficient (Wildman–Crippen LogP) is 3.79. The number of rotatable bonds is 3. The number of pyridine rings is 1. The molecule has 2 heterocycles. The topological polar surface area (TPSA) is 43.6 Å². The minimum Gasteiger partial charge on any atom is -0.264 e. The summed E-state index contributed by atoms with van der Waals surface area (Å²) in [4.78, 5) is 4.13. The third kappa shape index (κ3) is 3.68. The molecule has 0 atom stereocenters. The number of hydrogen-bond acceptors (Lipinski definition) is 3. The van der Waals surface area contributed by atoms with Gasteiger partial charge in [0, 0.05) is 29.1 Å². The van der Waals surface area contributed by atoms with Gasteiger partial charge >= 0.3 is 0 Å². The Bertz CT molecular complexity index is 1060. The zero-order valence-electron chi connectivity index (χ0n) is 14.1. The van der Waals surface area contributed by atoms with Gasteiger partial charge in [-0.05, 0) is 29.8 Å². The maximum Gasteiger partial charge on any atom is 0.114 e. The highest BCUT2D eigenvalue weighted by molar-refractivity contribution is 5.67.